The first-order chi connectivity index (χ1) is 11.0. The van der Waals surface area contributed by atoms with Crippen LogP contribution >= 0.6 is 11.6 Å². The first kappa shape index (κ1) is 16.1. The van der Waals surface area contributed by atoms with Gasteiger partial charge in [-0.2, -0.15) is 5.10 Å². The lowest BCUT2D eigenvalue weighted by Gasteiger charge is -2.26. The predicted octanol–water partition coefficient (Wildman–Crippen LogP) is 3.61. The van der Waals surface area contributed by atoms with Crippen LogP contribution in [-0.4, -0.2) is 26.6 Å². The highest BCUT2D eigenvalue weighted by atomic mass is 35.5. The number of halogens is 1. The van der Waals surface area contributed by atoms with Gasteiger partial charge in [0, 0.05) is 42.3 Å². The first-order valence-electron chi connectivity index (χ1n) is 7.99. The zero-order chi connectivity index (χ0) is 16.6. The molecule has 4 nitrogen and oxygen atoms in total. The topological polar surface area (TPSA) is 38.1 Å². The Hall–Kier alpha value is -1.81. The Labute approximate surface area is 142 Å². The summed E-state index contributed by atoms with van der Waals surface area (Å²) in [5.41, 5.74) is 2.23. The van der Waals surface area contributed by atoms with E-state index in [1.54, 1.807) is 4.68 Å². The summed E-state index contributed by atoms with van der Waals surface area (Å²) in [6.07, 6.45) is 4.70. The highest BCUT2D eigenvalue weighted by Gasteiger charge is 2.46. The minimum absolute atomic E-state index is 0.0764. The van der Waals surface area contributed by atoms with E-state index in [-0.39, 0.29) is 17.9 Å². The van der Waals surface area contributed by atoms with E-state index in [1.807, 2.05) is 42.5 Å². The maximum Gasteiger partial charge on any atom is 0.226 e. The molecule has 5 heteroatoms. The number of aromatic nitrogens is 2. The van der Waals surface area contributed by atoms with Crippen molar-refractivity contribution in [2.24, 2.45) is 13.0 Å². The van der Waals surface area contributed by atoms with Crippen LogP contribution in [0.3, 0.4) is 0 Å². The Kier molecular flexibility index (Phi) is 4.44. The van der Waals surface area contributed by atoms with Crippen molar-refractivity contribution in [1.82, 2.24) is 14.7 Å². The highest BCUT2D eigenvalue weighted by molar-refractivity contribution is 6.30. The summed E-state index contributed by atoms with van der Waals surface area (Å²) in [6.45, 7) is 4.74. The molecule has 1 amide bonds. The molecule has 0 bridgehead atoms. The second-order valence-corrected chi connectivity index (χ2v) is 7.02. The van der Waals surface area contributed by atoms with Crippen molar-refractivity contribution < 1.29 is 4.79 Å². The summed E-state index contributed by atoms with van der Waals surface area (Å²) in [6, 6.07) is 8.02. The van der Waals surface area contributed by atoms with Crippen molar-refractivity contribution >= 4 is 17.5 Å². The molecule has 2 aromatic rings. The number of hydrogen-bond donors (Lipinski definition) is 0. The number of benzene rings is 1. The summed E-state index contributed by atoms with van der Waals surface area (Å²) in [4.78, 5) is 14.8. The molecule has 2 atom stereocenters. The fraction of sp³-hybridized carbons (Fsp3) is 0.444. The van der Waals surface area contributed by atoms with E-state index in [4.69, 9.17) is 11.6 Å². The normalized spacial score (nSPS) is 19.9. The van der Waals surface area contributed by atoms with Gasteiger partial charge in [-0.3, -0.25) is 9.48 Å². The van der Waals surface area contributed by atoms with Gasteiger partial charge in [0.2, 0.25) is 5.91 Å². The van der Waals surface area contributed by atoms with Gasteiger partial charge in [0.05, 0.1) is 6.20 Å². The molecule has 0 spiro atoms. The van der Waals surface area contributed by atoms with Gasteiger partial charge in [-0.1, -0.05) is 23.7 Å². The average Bonchev–Trinajstić information content (AvgIpc) is 3.20. The largest absolute Gasteiger partial charge is 0.336 e. The average molecular weight is 332 g/mol. The fourth-order valence-electron chi connectivity index (χ4n) is 3.05. The lowest BCUT2D eigenvalue weighted by molar-refractivity contribution is -0.135. The van der Waals surface area contributed by atoms with Crippen LogP contribution in [0.15, 0.2) is 36.7 Å². The molecule has 0 saturated heterocycles. The number of carbonyl (C=O) groups is 1. The third-order valence-corrected chi connectivity index (χ3v) is 4.64. The quantitative estimate of drug-likeness (QED) is 0.839. The number of amides is 1. The van der Waals surface area contributed by atoms with Crippen molar-refractivity contribution in [3.05, 3.63) is 52.8 Å². The maximum absolute atomic E-state index is 12.9. The fourth-order valence-corrected chi connectivity index (χ4v) is 3.25. The molecule has 1 aliphatic carbocycles. The molecule has 0 N–H and O–H groups in total. The molecule has 1 heterocycles. The van der Waals surface area contributed by atoms with Crippen LogP contribution in [0.2, 0.25) is 5.02 Å². The number of carbonyl (C=O) groups excluding carboxylic acids is 1. The molecule has 1 aliphatic rings. The number of hydrogen-bond acceptors (Lipinski definition) is 2. The molecule has 3 rings (SSSR count). The zero-order valence-corrected chi connectivity index (χ0v) is 14.5. The van der Waals surface area contributed by atoms with Crippen LogP contribution in [-0.2, 0) is 18.4 Å². The molecule has 0 unspecified atom stereocenters. The van der Waals surface area contributed by atoms with E-state index in [9.17, 15) is 4.79 Å². The maximum atomic E-state index is 12.9. The molecule has 1 aromatic carbocycles. The van der Waals surface area contributed by atoms with Gasteiger partial charge in [0.25, 0.3) is 0 Å². The van der Waals surface area contributed by atoms with Crippen LogP contribution in [0.4, 0.5) is 0 Å². The van der Waals surface area contributed by atoms with Crippen molar-refractivity contribution in [2.45, 2.75) is 38.8 Å². The monoisotopic (exact) mass is 331 g/mol. The Morgan fingerprint density at radius 1 is 1.48 bits per heavy atom. The van der Waals surface area contributed by atoms with Crippen molar-refractivity contribution in [1.29, 1.82) is 0 Å². The minimum Gasteiger partial charge on any atom is -0.336 e. The van der Waals surface area contributed by atoms with E-state index in [0.29, 0.717) is 12.5 Å². The molecular weight excluding hydrogens is 310 g/mol. The van der Waals surface area contributed by atoms with Crippen LogP contribution in [0.5, 0.6) is 0 Å². The second kappa shape index (κ2) is 6.36. The van der Waals surface area contributed by atoms with E-state index in [0.717, 1.165) is 17.0 Å². The first-order valence-corrected chi connectivity index (χ1v) is 8.37. The molecule has 1 fully saturated rings. The highest BCUT2D eigenvalue weighted by Crippen LogP contribution is 2.49. The summed E-state index contributed by atoms with van der Waals surface area (Å²) >= 11 is 6.06. The van der Waals surface area contributed by atoms with Crippen LogP contribution < -0.4 is 0 Å². The molecule has 1 aromatic heterocycles. The Balaban J connectivity index is 1.70. The lowest BCUT2D eigenvalue weighted by Crippen LogP contribution is -2.37. The van der Waals surface area contributed by atoms with Crippen molar-refractivity contribution in [3.8, 4) is 0 Å². The van der Waals surface area contributed by atoms with Crippen LogP contribution in [0.25, 0.3) is 0 Å². The van der Waals surface area contributed by atoms with Crippen LogP contribution in [0.1, 0.15) is 37.3 Å². The smallest absolute Gasteiger partial charge is 0.226 e. The molecule has 0 radical (unpaired) electrons. The lowest BCUT2D eigenvalue weighted by atomic mass is 10.1. The Bertz CT molecular complexity index is 710. The van der Waals surface area contributed by atoms with E-state index in [2.05, 4.69) is 25.0 Å². The van der Waals surface area contributed by atoms with Gasteiger partial charge < -0.3 is 4.90 Å². The van der Waals surface area contributed by atoms with E-state index < -0.39 is 0 Å². The Morgan fingerprint density at radius 3 is 2.87 bits per heavy atom. The summed E-state index contributed by atoms with van der Waals surface area (Å²) in [5, 5.41) is 4.92. The van der Waals surface area contributed by atoms with Gasteiger partial charge in [-0.25, -0.2) is 0 Å². The number of nitrogens with zero attached hydrogens (tertiary/aromatic N) is 3. The molecular formula is C18H22ClN3O. The number of rotatable bonds is 5. The van der Waals surface area contributed by atoms with Crippen LogP contribution in [0, 0.1) is 5.92 Å². The summed E-state index contributed by atoms with van der Waals surface area (Å²) in [5.74, 6) is 0.609. The van der Waals surface area contributed by atoms with Gasteiger partial charge in [-0.15, -0.1) is 0 Å². The second-order valence-electron chi connectivity index (χ2n) is 6.59. The third kappa shape index (κ3) is 3.58. The zero-order valence-electron chi connectivity index (χ0n) is 13.7. The molecule has 23 heavy (non-hydrogen) atoms. The van der Waals surface area contributed by atoms with Gasteiger partial charge in [0.15, 0.2) is 0 Å². The van der Waals surface area contributed by atoms with Crippen molar-refractivity contribution in [2.75, 3.05) is 0 Å². The molecule has 1 saturated carbocycles. The summed E-state index contributed by atoms with van der Waals surface area (Å²) in [7, 11) is 1.89. The minimum atomic E-state index is 0.0764. The van der Waals surface area contributed by atoms with Gasteiger partial charge in [0.1, 0.15) is 0 Å². The van der Waals surface area contributed by atoms with Gasteiger partial charge >= 0.3 is 0 Å². The standard InChI is InChI=1S/C18H22ClN3O/c1-12(2)22(11-13-9-20-21(3)10-13)18(23)17-8-16(17)14-5-4-6-15(19)7-14/h4-7,9-10,12,16-17H,8,11H2,1-3H3/t16-,17+/m1/s1. The summed E-state index contributed by atoms with van der Waals surface area (Å²) < 4.78 is 1.77. The third-order valence-electron chi connectivity index (χ3n) is 4.40. The SMILES string of the molecule is CC(C)N(Cc1cnn(C)c1)C(=O)[C@H]1C[C@@H]1c1cccc(Cl)c1. The number of aryl methyl sites for hydroxylation is 1. The predicted molar refractivity (Wildman–Crippen MR) is 91.2 cm³/mol. The molecule has 0 aliphatic heterocycles. The van der Waals surface area contributed by atoms with Gasteiger partial charge in [-0.05, 0) is 43.9 Å². The van der Waals surface area contributed by atoms with E-state index >= 15 is 0 Å². The van der Waals surface area contributed by atoms with Crippen molar-refractivity contribution in [3.63, 3.8) is 0 Å². The molecule has 122 valence electrons. The Morgan fingerprint density at radius 2 is 2.26 bits per heavy atom. The van der Waals surface area contributed by atoms with E-state index in [1.165, 1.54) is 5.56 Å².